The molecule has 7 nitrogen and oxygen atoms in total. The first kappa shape index (κ1) is 23.9. The molecule has 0 saturated heterocycles. The number of ether oxygens (including phenoxy) is 1. The Kier molecular flexibility index (Phi) is 6.46. The number of aliphatic hydroxyl groups excluding tert-OH is 1. The molecule has 1 aromatic heterocycles. The zero-order valence-electron chi connectivity index (χ0n) is 18.2. The van der Waals surface area contributed by atoms with Gasteiger partial charge in [-0.1, -0.05) is 35.9 Å². The number of hydrogen-bond acceptors (Lipinski definition) is 5. The van der Waals surface area contributed by atoms with E-state index in [0.717, 1.165) is 4.68 Å². The number of fused-ring (bicyclic) bond motifs is 1. The second kappa shape index (κ2) is 9.19. The number of nitrogens with zero attached hydrogens (tertiary/aromatic N) is 2. The molecular weight excluding hydrogens is 473 g/mol. The van der Waals surface area contributed by atoms with Crippen molar-refractivity contribution in [2.75, 3.05) is 17.7 Å². The molecular formula is C23H22ClF3N4O3. The summed E-state index contributed by atoms with van der Waals surface area (Å²) >= 11 is 6.36. The monoisotopic (exact) mass is 494 g/mol. The number of nitrogens with one attached hydrogen (secondary N) is 2. The maximum Gasteiger partial charge on any atom is 0.410 e. The number of rotatable bonds is 5. The summed E-state index contributed by atoms with van der Waals surface area (Å²) in [6.45, 7) is 1.60. The van der Waals surface area contributed by atoms with Crippen LogP contribution >= 0.6 is 11.6 Å². The van der Waals surface area contributed by atoms with Crippen molar-refractivity contribution in [3.05, 3.63) is 70.4 Å². The Morgan fingerprint density at radius 2 is 1.88 bits per heavy atom. The third-order valence-corrected chi connectivity index (χ3v) is 6.04. The molecule has 0 saturated carbocycles. The highest BCUT2D eigenvalue weighted by molar-refractivity contribution is 6.36. The molecule has 1 aliphatic rings. The van der Waals surface area contributed by atoms with Crippen molar-refractivity contribution in [3.63, 3.8) is 0 Å². The quantitative estimate of drug-likeness (QED) is 0.435. The van der Waals surface area contributed by atoms with Crippen molar-refractivity contribution >= 4 is 29.0 Å². The largest absolute Gasteiger partial charge is 0.497 e. The van der Waals surface area contributed by atoms with Crippen molar-refractivity contribution in [2.24, 2.45) is 0 Å². The van der Waals surface area contributed by atoms with Crippen LogP contribution in [0.4, 0.5) is 24.7 Å². The fourth-order valence-corrected chi connectivity index (χ4v) is 4.09. The van der Waals surface area contributed by atoms with Gasteiger partial charge in [0, 0.05) is 12.1 Å². The van der Waals surface area contributed by atoms with Gasteiger partial charge in [0.25, 0.3) is 5.91 Å². The Balaban J connectivity index is 1.64. The lowest BCUT2D eigenvalue weighted by molar-refractivity contribution is -0.173. The second-order valence-corrected chi connectivity index (χ2v) is 8.35. The maximum absolute atomic E-state index is 13.9. The van der Waals surface area contributed by atoms with Crippen LogP contribution in [0.5, 0.6) is 5.75 Å². The number of amides is 1. The molecule has 0 fully saturated rings. The van der Waals surface area contributed by atoms with Gasteiger partial charge in [-0.15, -0.1) is 0 Å². The molecule has 2 heterocycles. The van der Waals surface area contributed by atoms with Gasteiger partial charge in [0.15, 0.2) is 11.7 Å². The smallest absolute Gasteiger partial charge is 0.410 e. The van der Waals surface area contributed by atoms with Gasteiger partial charge in [0.2, 0.25) is 0 Å². The van der Waals surface area contributed by atoms with E-state index in [1.165, 1.54) is 7.11 Å². The lowest BCUT2D eigenvalue weighted by atomic mass is 9.97. The lowest BCUT2D eigenvalue weighted by Crippen LogP contribution is -2.35. The maximum atomic E-state index is 13.9. The molecule has 4 rings (SSSR count). The lowest BCUT2D eigenvalue weighted by Gasteiger charge is -2.33. The summed E-state index contributed by atoms with van der Waals surface area (Å²) in [5.41, 5.74) is 1.32. The van der Waals surface area contributed by atoms with Crippen LogP contribution in [0, 0.1) is 0 Å². The number of hydrogen-bond donors (Lipinski definition) is 3. The molecule has 180 valence electrons. The molecule has 2 aromatic carbocycles. The van der Waals surface area contributed by atoms with E-state index in [2.05, 4.69) is 15.7 Å². The van der Waals surface area contributed by atoms with Gasteiger partial charge < -0.3 is 20.5 Å². The molecule has 3 atom stereocenters. The summed E-state index contributed by atoms with van der Waals surface area (Å²) in [7, 11) is 1.50. The fourth-order valence-electron chi connectivity index (χ4n) is 3.82. The van der Waals surface area contributed by atoms with Crippen molar-refractivity contribution < 1.29 is 27.8 Å². The zero-order chi connectivity index (χ0) is 24.6. The summed E-state index contributed by atoms with van der Waals surface area (Å²) in [5.74, 6) is -0.249. The standard InChI is InChI=1S/C23H22ClF3N4O3/c1-12(32)13-3-7-15(8-4-13)28-22(33)20-19(24)21-29-17(14-5-9-16(34-2)10-6-14)11-18(23(25,26)27)31(21)30-20/h3-10,12,17-18,29,32H,11H2,1-2H3,(H,28,33)/t12-,17-,18-/m0/s1. The number of aromatic nitrogens is 2. The first-order valence-corrected chi connectivity index (χ1v) is 10.8. The molecule has 0 unspecified atom stereocenters. The van der Waals surface area contributed by atoms with Gasteiger partial charge in [-0.2, -0.15) is 18.3 Å². The number of methoxy groups -OCH3 is 1. The number of anilines is 2. The van der Waals surface area contributed by atoms with Crippen LogP contribution in [0.25, 0.3) is 0 Å². The third-order valence-electron chi connectivity index (χ3n) is 5.68. The Labute approximate surface area is 198 Å². The normalized spacial score (nSPS) is 18.6. The third kappa shape index (κ3) is 4.69. The van der Waals surface area contributed by atoms with Gasteiger partial charge >= 0.3 is 6.18 Å². The number of benzene rings is 2. The van der Waals surface area contributed by atoms with E-state index >= 15 is 0 Å². The SMILES string of the molecule is COc1ccc([C@@H]2C[C@@H](C(F)(F)F)n3nc(C(=O)Nc4ccc([C@H](C)O)cc4)c(Cl)c3N2)cc1. The van der Waals surface area contributed by atoms with Crippen LogP contribution in [0.3, 0.4) is 0 Å². The fraction of sp³-hybridized carbons (Fsp3) is 0.304. The summed E-state index contributed by atoms with van der Waals surface area (Å²) in [4.78, 5) is 12.8. The molecule has 0 spiro atoms. The van der Waals surface area contributed by atoms with E-state index in [0.29, 0.717) is 22.6 Å². The van der Waals surface area contributed by atoms with Crippen LogP contribution in [-0.4, -0.2) is 34.1 Å². The molecule has 34 heavy (non-hydrogen) atoms. The van der Waals surface area contributed by atoms with Crippen LogP contribution in [0.15, 0.2) is 48.5 Å². The van der Waals surface area contributed by atoms with E-state index in [1.807, 2.05) is 0 Å². The molecule has 1 aliphatic heterocycles. The van der Waals surface area contributed by atoms with Gasteiger partial charge in [-0.25, -0.2) is 4.68 Å². The number of alkyl halides is 3. The van der Waals surface area contributed by atoms with Gasteiger partial charge in [0.05, 0.1) is 19.3 Å². The van der Waals surface area contributed by atoms with Gasteiger partial charge in [-0.05, 0) is 42.3 Å². The molecule has 0 bridgehead atoms. The Hall–Kier alpha value is -3.24. The first-order valence-electron chi connectivity index (χ1n) is 10.4. The van der Waals surface area contributed by atoms with Crippen LogP contribution in [-0.2, 0) is 0 Å². The van der Waals surface area contributed by atoms with Crippen molar-refractivity contribution in [1.29, 1.82) is 0 Å². The van der Waals surface area contributed by atoms with Gasteiger partial charge in [-0.3, -0.25) is 4.79 Å². The molecule has 11 heteroatoms. The Morgan fingerprint density at radius 3 is 2.44 bits per heavy atom. The van der Waals surface area contributed by atoms with Crippen molar-refractivity contribution in [1.82, 2.24) is 9.78 Å². The number of carbonyl (C=O) groups is 1. The minimum atomic E-state index is -4.61. The average molecular weight is 495 g/mol. The Morgan fingerprint density at radius 1 is 1.24 bits per heavy atom. The van der Waals surface area contributed by atoms with Crippen LogP contribution < -0.4 is 15.4 Å². The predicted octanol–water partition coefficient (Wildman–Crippen LogP) is 5.51. The summed E-state index contributed by atoms with van der Waals surface area (Å²) < 4.78 is 47.7. The highest BCUT2D eigenvalue weighted by Gasteiger charge is 2.47. The van der Waals surface area contributed by atoms with Crippen molar-refractivity contribution in [3.8, 4) is 5.75 Å². The second-order valence-electron chi connectivity index (χ2n) is 7.97. The minimum absolute atomic E-state index is 0.0781. The molecule has 3 N–H and O–H groups in total. The number of aliphatic hydroxyl groups is 1. The summed E-state index contributed by atoms with van der Waals surface area (Å²) in [6.07, 6.45) is -5.62. The summed E-state index contributed by atoms with van der Waals surface area (Å²) in [6, 6.07) is 10.4. The predicted molar refractivity (Wildman–Crippen MR) is 121 cm³/mol. The molecule has 3 aromatic rings. The van der Waals surface area contributed by atoms with E-state index in [1.54, 1.807) is 55.5 Å². The number of carbonyl (C=O) groups excluding carboxylic acids is 1. The van der Waals surface area contributed by atoms with Gasteiger partial charge in [0.1, 0.15) is 16.6 Å². The molecule has 0 aliphatic carbocycles. The Bertz CT molecular complexity index is 1180. The van der Waals surface area contributed by atoms with E-state index < -0.39 is 30.3 Å². The summed E-state index contributed by atoms with van der Waals surface area (Å²) in [5, 5.41) is 18.9. The molecule has 0 radical (unpaired) electrons. The van der Waals surface area contributed by atoms with Crippen molar-refractivity contribution in [2.45, 2.75) is 37.7 Å². The van der Waals surface area contributed by atoms with E-state index in [4.69, 9.17) is 16.3 Å². The topological polar surface area (TPSA) is 88.4 Å². The zero-order valence-corrected chi connectivity index (χ0v) is 19.0. The first-order chi connectivity index (χ1) is 16.1. The molecule has 1 amide bonds. The van der Waals surface area contributed by atoms with Crippen LogP contribution in [0.2, 0.25) is 5.02 Å². The van der Waals surface area contributed by atoms with Crippen LogP contribution in [0.1, 0.15) is 53.1 Å². The van der Waals surface area contributed by atoms with E-state index in [-0.39, 0.29) is 23.0 Å². The minimum Gasteiger partial charge on any atom is -0.497 e. The highest BCUT2D eigenvalue weighted by atomic mass is 35.5. The number of halogens is 4. The average Bonchev–Trinajstić information content (AvgIpc) is 3.14. The van der Waals surface area contributed by atoms with E-state index in [9.17, 15) is 23.1 Å². The highest BCUT2D eigenvalue weighted by Crippen LogP contribution is 2.46.